The highest BCUT2D eigenvalue weighted by Crippen LogP contribution is 2.41. The second kappa shape index (κ2) is 6.41. The van der Waals surface area contributed by atoms with Crippen molar-refractivity contribution in [3.63, 3.8) is 0 Å². The lowest BCUT2D eigenvalue weighted by atomic mass is 9.66. The summed E-state index contributed by atoms with van der Waals surface area (Å²) in [5, 5.41) is 14.2. The zero-order valence-corrected chi connectivity index (χ0v) is 11.6. The van der Waals surface area contributed by atoms with Crippen LogP contribution >= 0.6 is 0 Å². The van der Waals surface area contributed by atoms with Crippen LogP contribution in [-0.4, -0.2) is 22.8 Å². The molecule has 2 rings (SSSR count). The molecule has 1 heterocycles. The molecule has 1 aliphatic carbocycles. The maximum absolute atomic E-state index is 10.3. The van der Waals surface area contributed by atoms with Gasteiger partial charge in [-0.05, 0) is 44.6 Å². The van der Waals surface area contributed by atoms with E-state index in [1.54, 1.807) is 6.08 Å². The van der Waals surface area contributed by atoms with Crippen molar-refractivity contribution in [3.05, 3.63) is 24.8 Å². The largest absolute Gasteiger partial charge is 0.392 e. The van der Waals surface area contributed by atoms with Gasteiger partial charge < -0.3 is 10.4 Å². The minimum atomic E-state index is -0.270. The summed E-state index contributed by atoms with van der Waals surface area (Å²) >= 11 is 0. The topological polar surface area (TPSA) is 32.3 Å². The smallest absolute Gasteiger partial charge is 0.0620 e. The van der Waals surface area contributed by atoms with Crippen LogP contribution in [0.4, 0.5) is 0 Å². The molecule has 2 fully saturated rings. The van der Waals surface area contributed by atoms with Gasteiger partial charge in [0.25, 0.3) is 0 Å². The molecule has 4 atom stereocenters. The molecule has 2 N–H and O–H groups in total. The first-order chi connectivity index (χ1) is 9.22. The monoisotopic (exact) mass is 259 g/mol. The lowest BCUT2D eigenvalue weighted by molar-refractivity contribution is 0.00394. The summed E-state index contributed by atoms with van der Waals surface area (Å²) < 4.78 is 0. The van der Waals surface area contributed by atoms with Crippen molar-refractivity contribution in [1.82, 2.24) is 5.32 Å². The van der Waals surface area contributed by atoms with E-state index in [2.05, 4.69) is 17.8 Å². The van der Waals surface area contributed by atoms with Crippen molar-refractivity contribution in [3.8, 4) is 12.3 Å². The molecule has 1 aliphatic heterocycles. The lowest BCUT2D eigenvalue weighted by Crippen LogP contribution is -2.61. The minimum absolute atomic E-state index is 0.0386. The molecular weight excluding hydrogens is 234 g/mol. The van der Waals surface area contributed by atoms with Crippen molar-refractivity contribution in [2.45, 2.75) is 62.6 Å². The Hall–Kier alpha value is -1.04. The van der Waals surface area contributed by atoms with Crippen LogP contribution in [0.25, 0.3) is 0 Å². The Kier molecular flexibility index (Phi) is 4.85. The van der Waals surface area contributed by atoms with Crippen molar-refractivity contribution in [1.29, 1.82) is 0 Å². The normalized spacial score (nSPS) is 39.3. The van der Waals surface area contributed by atoms with Crippen LogP contribution in [-0.2, 0) is 0 Å². The summed E-state index contributed by atoms with van der Waals surface area (Å²) in [5.41, 5.74) is 0.0386. The van der Waals surface area contributed by atoms with Crippen LogP contribution in [0.1, 0.15) is 44.9 Å². The highest BCUT2D eigenvalue weighted by molar-refractivity contribution is 5.17. The fourth-order valence-electron chi connectivity index (χ4n) is 3.87. The van der Waals surface area contributed by atoms with E-state index < -0.39 is 0 Å². The number of aliphatic hydroxyl groups is 1. The van der Waals surface area contributed by atoms with E-state index in [0.717, 1.165) is 32.1 Å². The van der Waals surface area contributed by atoms with Gasteiger partial charge in [-0.1, -0.05) is 24.5 Å². The van der Waals surface area contributed by atoms with Gasteiger partial charge in [-0.3, -0.25) is 0 Å². The zero-order valence-electron chi connectivity index (χ0n) is 11.6. The molecule has 0 amide bonds. The van der Waals surface area contributed by atoms with E-state index in [4.69, 9.17) is 6.42 Å². The van der Waals surface area contributed by atoms with Gasteiger partial charge in [-0.25, -0.2) is 0 Å². The van der Waals surface area contributed by atoms with Gasteiger partial charge in [-0.15, -0.1) is 13.0 Å². The van der Waals surface area contributed by atoms with Gasteiger partial charge in [0.1, 0.15) is 0 Å². The molecule has 0 aromatic rings. The Balaban J connectivity index is 2.19. The van der Waals surface area contributed by atoms with Gasteiger partial charge in [0, 0.05) is 17.5 Å². The van der Waals surface area contributed by atoms with Crippen molar-refractivity contribution in [2.24, 2.45) is 5.92 Å². The molecule has 2 nitrogen and oxygen atoms in total. The van der Waals surface area contributed by atoms with E-state index in [1.165, 1.54) is 12.8 Å². The first kappa shape index (κ1) is 14.4. The number of rotatable bonds is 3. The van der Waals surface area contributed by atoms with Gasteiger partial charge in [0.15, 0.2) is 0 Å². The number of hydrogen-bond donors (Lipinski definition) is 2. The first-order valence-corrected chi connectivity index (χ1v) is 7.41. The second-order valence-corrected chi connectivity index (χ2v) is 5.93. The van der Waals surface area contributed by atoms with Gasteiger partial charge in [-0.2, -0.15) is 0 Å². The van der Waals surface area contributed by atoms with Crippen LogP contribution in [0.3, 0.4) is 0 Å². The quantitative estimate of drug-likeness (QED) is 0.603. The highest BCUT2D eigenvalue weighted by Gasteiger charge is 2.45. The van der Waals surface area contributed by atoms with Crippen molar-refractivity contribution < 1.29 is 5.11 Å². The summed E-state index contributed by atoms with van der Waals surface area (Å²) in [4.78, 5) is 0. The number of terminal acetylenes is 1. The minimum Gasteiger partial charge on any atom is -0.392 e. The van der Waals surface area contributed by atoms with Crippen molar-refractivity contribution in [2.75, 3.05) is 0 Å². The van der Waals surface area contributed by atoms with E-state index in [-0.39, 0.29) is 17.6 Å². The Bertz CT molecular complexity index is 377. The molecule has 1 saturated carbocycles. The Morgan fingerprint density at radius 3 is 2.79 bits per heavy atom. The Morgan fingerprint density at radius 1 is 1.37 bits per heavy atom. The standard InChI is InChI=1S/C17H25NO/c1-3-5-10-15-16(19)11-7-13-17(15)12-6-9-14(18-17)8-4-2/h1,4-5,10,14-16,18-19H,2,6-9,11-13H2/b10-5+. The third-order valence-corrected chi connectivity index (χ3v) is 4.69. The molecule has 1 saturated heterocycles. The predicted molar refractivity (Wildman–Crippen MR) is 79.6 cm³/mol. The van der Waals surface area contributed by atoms with Gasteiger partial charge in [0.05, 0.1) is 6.10 Å². The van der Waals surface area contributed by atoms with E-state index in [9.17, 15) is 5.11 Å². The maximum Gasteiger partial charge on any atom is 0.0620 e. The van der Waals surface area contributed by atoms with Gasteiger partial charge >= 0.3 is 0 Å². The number of aliphatic hydroxyl groups excluding tert-OH is 1. The van der Waals surface area contributed by atoms with Crippen molar-refractivity contribution >= 4 is 0 Å². The molecule has 0 bridgehead atoms. The van der Waals surface area contributed by atoms with Crippen LogP contribution in [0.2, 0.25) is 0 Å². The van der Waals surface area contributed by atoms with Crippen LogP contribution in [0.15, 0.2) is 24.8 Å². The molecule has 104 valence electrons. The third-order valence-electron chi connectivity index (χ3n) is 4.69. The molecule has 2 heteroatoms. The summed E-state index contributed by atoms with van der Waals surface area (Å²) in [6.07, 6.45) is 18.5. The zero-order chi connectivity index (χ0) is 13.7. The summed E-state index contributed by atoms with van der Waals surface area (Å²) in [6, 6.07) is 0.498. The summed E-state index contributed by atoms with van der Waals surface area (Å²) in [6.45, 7) is 3.84. The van der Waals surface area contributed by atoms with Crippen LogP contribution < -0.4 is 5.32 Å². The fraction of sp³-hybridized carbons (Fsp3) is 0.647. The van der Waals surface area contributed by atoms with Gasteiger partial charge in [0.2, 0.25) is 0 Å². The SMILES string of the molecule is C#C/C=C/C1C(O)CCCC12CCCC(CC=C)N2. The van der Waals surface area contributed by atoms with E-state index in [1.807, 2.05) is 12.2 Å². The maximum atomic E-state index is 10.3. The lowest BCUT2D eigenvalue weighted by Gasteiger charge is -2.51. The highest BCUT2D eigenvalue weighted by atomic mass is 16.3. The number of allylic oxidation sites excluding steroid dienone is 1. The molecule has 4 unspecified atom stereocenters. The number of piperidine rings is 1. The fourth-order valence-corrected chi connectivity index (χ4v) is 3.87. The molecule has 0 aromatic heterocycles. The molecule has 1 spiro atoms. The summed E-state index contributed by atoms with van der Waals surface area (Å²) in [7, 11) is 0. The molecular formula is C17H25NO. The van der Waals surface area contributed by atoms with E-state index >= 15 is 0 Å². The average molecular weight is 259 g/mol. The summed E-state index contributed by atoms with van der Waals surface area (Å²) in [5.74, 6) is 2.70. The van der Waals surface area contributed by atoms with E-state index in [0.29, 0.717) is 6.04 Å². The first-order valence-electron chi connectivity index (χ1n) is 7.41. The molecule has 0 radical (unpaired) electrons. The Morgan fingerprint density at radius 2 is 2.11 bits per heavy atom. The average Bonchev–Trinajstić information content (AvgIpc) is 2.39. The predicted octanol–water partition coefficient (Wildman–Crippen LogP) is 2.79. The second-order valence-electron chi connectivity index (χ2n) is 5.93. The number of hydrogen-bond acceptors (Lipinski definition) is 2. The number of nitrogens with one attached hydrogen (secondary N) is 1. The molecule has 0 aromatic carbocycles. The van der Waals surface area contributed by atoms with Crippen LogP contribution in [0, 0.1) is 18.3 Å². The van der Waals surface area contributed by atoms with Crippen LogP contribution in [0.5, 0.6) is 0 Å². The third kappa shape index (κ3) is 3.11. The molecule has 2 aliphatic rings. The Labute approximate surface area is 117 Å². The molecule has 19 heavy (non-hydrogen) atoms.